The quantitative estimate of drug-likeness (QED) is 0.585. The molecule has 20 heavy (non-hydrogen) atoms. The Hall–Kier alpha value is -0.440. The molecule has 1 aliphatic rings. The fourth-order valence-corrected chi connectivity index (χ4v) is 4.63. The third kappa shape index (κ3) is 3.41. The number of alkyl halides is 1. The third-order valence-electron chi connectivity index (χ3n) is 4.52. The fourth-order valence-electron chi connectivity index (χ4n) is 3.66. The molecule has 1 unspecified atom stereocenters. The molecule has 0 aromatic heterocycles. The van der Waals surface area contributed by atoms with Gasteiger partial charge in [-0.2, -0.15) is 0 Å². The minimum atomic E-state index is -0.424. The van der Waals surface area contributed by atoms with Crippen LogP contribution in [-0.2, 0) is 6.42 Å². The highest BCUT2D eigenvalue weighted by atomic mass is 79.9. The van der Waals surface area contributed by atoms with Crippen LogP contribution in [0.5, 0.6) is 0 Å². The van der Waals surface area contributed by atoms with Crippen LogP contribution in [0.15, 0.2) is 18.2 Å². The van der Waals surface area contributed by atoms with Crippen LogP contribution in [0.2, 0.25) is 0 Å². The molecule has 1 saturated carbocycles. The molecule has 0 bridgehead atoms. The maximum Gasteiger partial charge on any atom is 0.129 e. The Morgan fingerprint density at radius 3 is 2.20 bits per heavy atom. The lowest BCUT2D eigenvalue weighted by molar-refractivity contribution is 0.226. The second kappa shape index (κ2) is 6.55. The summed E-state index contributed by atoms with van der Waals surface area (Å²) in [5.41, 5.74) is 0.424. The van der Waals surface area contributed by atoms with Crippen LogP contribution in [-0.4, -0.2) is 4.83 Å². The summed E-state index contributed by atoms with van der Waals surface area (Å²) in [6, 6.07) is 4.13. The maximum atomic E-state index is 13.8. The third-order valence-corrected chi connectivity index (χ3v) is 5.82. The zero-order chi connectivity index (χ0) is 14.8. The van der Waals surface area contributed by atoms with E-state index in [0.717, 1.165) is 19.3 Å². The van der Waals surface area contributed by atoms with Gasteiger partial charge in [0.25, 0.3) is 0 Å². The van der Waals surface area contributed by atoms with Gasteiger partial charge in [0.2, 0.25) is 0 Å². The van der Waals surface area contributed by atoms with Gasteiger partial charge in [-0.15, -0.1) is 0 Å². The molecule has 0 heterocycles. The molecule has 1 aliphatic carbocycles. The highest BCUT2D eigenvalue weighted by molar-refractivity contribution is 9.09. The van der Waals surface area contributed by atoms with Gasteiger partial charge < -0.3 is 0 Å². The van der Waals surface area contributed by atoms with Crippen molar-refractivity contribution in [3.05, 3.63) is 35.4 Å². The van der Waals surface area contributed by atoms with E-state index in [1.807, 2.05) is 0 Å². The zero-order valence-corrected chi connectivity index (χ0v) is 13.8. The largest absolute Gasteiger partial charge is 0.207 e. The Labute approximate surface area is 129 Å². The highest BCUT2D eigenvalue weighted by Crippen LogP contribution is 2.49. The lowest BCUT2D eigenvalue weighted by Gasteiger charge is -2.36. The molecular formula is C17H23BrF2. The topological polar surface area (TPSA) is 0 Å². The number of rotatable bonds is 5. The molecule has 0 nitrogen and oxygen atoms in total. The lowest BCUT2D eigenvalue weighted by atomic mass is 9.74. The minimum Gasteiger partial charge on any atom is -0.207 e. The van der Waals surface area contributed by atoms with Crippen molar-refractivity contribution in [3.8, 4) is 0 Å². The summed E-state index contributed by atoms with van der Waals surface area (Å²) < 4.78 is 27.6. The van der Waals surface area contributed by atoms with E-state index in [2.05, 4.69) is 29.8 Å². The van der Waals surface area contributed by atoms with Crippen molar-refractivity contribution in [3.63, 3.8) is 0 Å². The van der Waals surface area contributed by atoms with Crippen LogP contribution < -0.4 is 0 Å². The molecule has 112 valence electrons. The highest BCUT2D eigenvalue weighted by Gasteiger charge is 2.40. The molecule has 1 aromatic carbocycles. The molecule has 1 fully saturated rings. The molecular weight excluding hydrogens is 322 g/mol. The van der Waals surface area contributed by atoms with Crippen LogP contribution in [0.1, 0.15) is 51.5 Å². The van der Waals surface area contributed by atoms with Gasteiger partial charge in [0.15, 0.2) is 0 Å². The average Bonchev–Trinajstić information content (AvgIpc) is 2.82. The number of benzene rings is 1. The number of hydrogen-bond acceptors (Lipinski definition) is 0. The predicted molar refractivity (Wildman–Crippen MR) is 83.1 cm³/mol. The van der Waals surface area contributed by atoms with Gasteiger partial charge in [0.1, 0.15) is 11.6 Å². The molecule has 0 N–H and O–H groups in total. The first-order valence-electron chi connectivity index (χ1n) is 7.51. The molecule has 0 amide bonds. The van der Waals surface area contributed by atoms with Crippen molar-refractivity contribution in [2.75, 3.05) is 0 Å². The van der Waals surface area contributed by atoms with Crippen molar-refractivity contribution in [1.29, 1.82) is 0 Å². The van der Waals surface area contributed by atoms with Crippen molar-refractivity contribution in [2.24, 2.45) is 11.3 Å². The van der Waals surface area contributed by atoms with Gasteiger partial charge in [-0.05, 0) is 49.1 Å². The standard InChI is InChI=1S/C17H23BrF2/c1-12(2)11-17(8-3-4-9-17)16(18)10-13-14(19)6-5-7-15(13)20/h5-7,12,16H,3-4,8-11H2,1-2H3. The van der Waals surface area contributed by atoms with E-state index in [-0.39, 0.29) is 15.8 Å². The normalized spacial score (nSPS) is 19.5. The van der Waals surface area contributed by atoms with Crippen molar-refractivity contribution >= 4 is 15.9 Å². The van der Waals surface area contributed by atoms with Crippen LogP contribution in [0, 0.1) is 23.0 Å². The molecule has 1 atom stereocenters. The van der Waals surface area contributed by atoms with Gasteiger partial charge in [-0.25, -0.2) is 8.78 Å². The monoisotopic (exact) mass is 344 g/mol. The maximum absolute atomic E-state index is 13.8. The first-order chi connectivity index (χ1) is 9.44. The summed E-state index contributed by atoms with van der Waals surface area (Å²) >= 11 is 3.76. The number of hydrogen-bond donors (Lipinski definition) is 0. The van der Waals surface area contributed by atoms with E-state index in [1.54, 1.807) is 0 Å². The van der Waals surface area contributed by atoms with Gasteiger partial charge in [-0.1, -0.05) is 48.7 Å². The van der Waals surface area contributed by atoms with Gasteiger partial charge in [0, 0.05) is 10.4 Å². The second-order valence-electron chi connectivity index (χ2n) is 6.54. The minimum absolute atomic E-state index is 0.145. The number of halogens is 3. The fraction of sp³-hybridized carbons (Fsp3) is 0.647. The summed E-state index contributed by atoms with van der Waals surface area (Å²) in [6.45, 7) is 4.45. The van der Waals surface area contributed by atoms with Crippen molar-refractivity contribution in [1.82, 2.24) is 0 Å². The lowest BCUT2D eigenvalue weighted by Crippen LogP contribution is -2.32. The summed E-state index contributed by atoms with van der Waals surface area (Å²) in [7, 11) is 0. The summed E-state index contributed by atoms with van der Waals surface area (Å²) in [5.74, 6) is -0.238. The second-order valence-corrected chi connectivity index (χ2v) is 7.64. The SMILES string of the molecule is CC(C)CC1(C(Br)Cc2c(F)cccc2F)CCCC1. The van der Waals surface area contributed by atoms with E-state index in [9.17, 15) is 8.78 Å². The van der Waals surface area contributed by atoms with Crippen molar-refractivity contribution < 1.29 is 8.78 Å². The van der Waals surface area contributed by atoms with E-state index < -0.39 is 11.6 Å². The summed E-state index contributed by atoms with van der Waals surface area (Å²) in [4.78, 5) is 0.145. The zero-order valence-electron chi connectivity index (χ0n) is 12.3. The van der Waals surface area contributed by atoms with E-state index >= 15 is 0 Å². The van der Waals surface area contributed by atoms with Crippen molar-refractivity contribution in [2.45, 2.75) is 57.2 Å². The molecule has 0 spiro atoms. The van der Waals surface area contributed by atoms with Crippen LogP contribution in [0.4, 0.5) is 8.78 Å². The predicted octanol–water partition coefficient (Wildman–Crippen LogP) is 5.88. The van der Waals surface area contributed by atoms with Crippen LogP contribution >= 0.6 is 15.9 Å². The Balaban J connectivity index is 2.19. The average molecular weight is 345 g/mol. The first kappa shape index (κ1) is 15.9. The van der Waals surface area contributed by atoms with Gasteiger partial charge >= 0.3 is 0 Å². The summed E-state index contributed by atoms with van der Waals surface area (Å²) in [6.07, 6.45) is 6.35. The first-order valence-corrected chi connectivity index (χ1v) is 8.43. The van der Waals surface area contributed by atoms with Crippen LogP contribution in [0.3, 0.4) is 0 Å². The molecule has 1 aromatic rings. The molecule has 0 saturated heterocycles. The van der Waals surface area contributed by atoms with Gasteiger partial charge in [0.05, 0.1) is 0 Å². The Morgan fingerprint density at radius 2 is 1.70 bits per heavy atom. The van der Waals surface area contributed by atoms with Gasteiger partial charge in [-0.3, -0.25) is 0 Å². The van der Waals surface area contributed by atoms with E-state index in [4.69, 9.17) is 0 Å². The summed E-state index contributed by atoms with van der Waals surface area (Å²) in [5, 5.41) is 0. The molecule has 3 heteroatoms. The molecule has 0 radical (unpaired) electrons. The van der Waals surface area contributed by atoms with E-state index in [0.29, 0.717) is 12.3 Å². The Kier molecular flexibility index (Phi) is 5.22. The Bertz CT molecular complexity index is 430. The smallest absolute Gasteiger partial charge is 0.129 e. The van der Waals surface area contributed by atoms with Crippen LogP contribution in [0.25, 0.3) is 0 Å². The van der Waals surface area contributed by atoms with E-state index in [1.165, 1.54) is 31.0 Å². The molecule has 0 aliphatic heterocycles. The molecule has 2 rings (SSSR count). The Morgan fingerprint density at radius 1 is 1.15 bits per heavy atom.